The maximum Gasteiger partial charge on any atom is 0.142 e. The Balaban J connectivity index is 1.41. The van der Waals surface area contributed by atoms with E-state index in [9.17, 15) is 10.2 Å². The molecule has 1 saturated carbocycles. The van der Waals surface area contributed by atoms with E-state index in [0.717, 1.165) is 29.7 Å². The first-order valence-electron chi connectivity index (χ1n) is 10.3. The molecule has 1 fully saturated rings. The van der Waals surface area contributed by atoms with Crippen molar-refractivity contribution in [3.05, 3.63) is 66.3 Å². The lowest BCUT2D eigenvalue weighted by Gasteiger charge is -2.17. The third-order valence-corrected chi connectivity index (χ3v) is 5.23. The van der Waals surface area contributed by atoms with Crippen molar-refractivity contribution < 1.29 is 14.9 Å². The highest BCUT2D eigenvalue weighted by molar-refractivity contribution is 5.47. The van der Waals surface area contributed by atoms with E-state index >= 15 is 0 Å². The summed E-state index contributed by atoms with van der Waals surface area (Å²) in [6.45, 7) is 3.58. The Bertz CT molecular complexity index is 1200. The first kappa shape index (κ1) is 19.7. The summed E-state index contributed by atoms with van der Waals surface area (Å²) in [6.07, 6.45) is 8.09. The molecule has 0 bridgehead atoms. The minimum atomic E-state index is -0.968. The summed E-state index contributed by atoms with van der Waals surface area (Å²) in [7, 11) is 0. The van der Waals surface area contributed by atoms with Crippen LogP contribution in [-0.2, 0) is 0 Å². The summed E-state index contributed by atoms with van der Waals surface area (Å²) in [5, 5.41) is 29.4. The fourth-order valence-electron chi connectivity index (χ4n) is 3.49. The number of aliphatic hydroxyl groups is 2. The molecule has 0 aliphatic heterocycles. The highest BCUT2D eigenvalue weighted by atomic mass is 16.5. The van der Waals surface area contributed by atoms with E-state index in [1.807, 2.05) is 16.5 Å². The maximum atomic E-state index is 11.2. The molecule has 1 atom stereocenters. The molecule has 0 spiro atoms. The number of ether oxygens (including phenoxy) is 1. The zero-order chi connectivity index (χ0) is 21.6. The predicted molar refractivity (Wildman–Crippen MR) is 112 cm³/mol. The van der Waals surface area contributed by atoms with Crippen molar-refractivity contribution in [2.45, 2.75) is 44.3 Å². The lowest BCUT2D eigenvalue weighted by atomic mass is 10.1. The SMILES string of the molecule is CC(C)(O)COc1ccc(-n2cc([C@H](O)c3c(C4CC4)ncc4cncn34)nn2)cc1. The summed E-state index contributed by atoms with van der Waals surface area (Å²) in [5.41, 5.74) is 2.73. The van der Waals surface area contributed by atoms with Crippen molar-refractivity contribution in [3.8, 4) is 11.4 Å². The first-order valence-corrected chi connectivity index (χ1v) is 10.3. The number of aliphatic hydroxyl groups excluding tert-OH is 1. The number of rotatable bonds is 7. The summed E-state index contributed by atoms with van der Waals surface area (Å²) in [4.78, 5) is 8.78. The van der Waals surface area contributed by atoms with Crippen LogP contribution in [0.4, 0.5) is 0 Å². The lowest BCUT2D eigenvalue weighted by Crippen LogP contribution is -2.27. The Hall–Kier alpha value is -3.30. The van der Waals surface area contributed by atoms with Gasteiger partial charge in [0.15, 0.2) is 0 Å². The normalized spacial score (nSPS) is 15.4. The molecule has 31 heavy (non-hydrogen) atoms. The Morgan fingerprint density at radius 3 is 2.68 bits per heavy atom. The van der Waals surface area contributed by atoms with Crippen LogP contribution in [0, 0.1) is 0 Å². The zero-order valence-corrected chi connectivity index (χ0v) is 17.4. The molecular formula is C22H24N6O3. The molecule has 3 heterocycles. The molecule has 1 aliphatic carbocycles. The highest BCUT2D eigenvalue weighted by Gasteiger charge is 2.32. The fraction of sp³-hybridized carbons (Fsp3) is 0.364. The number of imidazole rings is 1. The molecule has 1 aromatic carbocycles. The van der Waals surface area contributed by atoms with Crippen LogP contribution in [0.2, 0.25) is 0 Å². The van der Waals surface area contributed by atoms with E-state index in [0.29, 0.717) is 23.1 Å². The summed E-state index contributed by atoms with van der Waals surface area (Å²) in [5.74, 6) is 1.01. The predicted octanol–water partition coefficient (Wildman–Crippen LogP) is 2.42. The van der Waals surface area contributed by atoms with Crippen molar-refractivity contribution in [3.63, 3.8) is 0 Å². The molecule has 4 aromatic rings. The van der Waals surface area contributed by atoms with E-state index in [4.69, 9.17) is 4.74 Å². The number of aromatic nitrogens is 6. The smallest absolute Gasteiger partial charge is 0.142 e. The molecular weight excluding hydrogens is 396 g/mol. The highest BCUT2D eigenvalue weighted by Crippen LogP contribution is 2.42. The van der Waals surface area contributed by atoms with Crippen molar-refractivity contribution in [1.82, 2.24) is 29.4 Å². The number of nitrogens with zero attached hydrogens (tertiary/aromatic N) is 6. The van der Waals surface area contributed by atoms with Gasteiger partial charge in [0, 0.05) is 5.92 Å². The standard InChI is InChI=1S/C22H24N6O3/c1-22(2,30)12-31-17-7-5-15(6-8-17)28-11-18(25-26-28)21(29)20-19(14-3-4-14)24-10-16-9-23-13-27(16)20/h5-11,13-14,21,29-30H,3-4,12H2,1-2H3/t21-/m0/s1. The van der Waals surface area contributed by atoms with E-state index in [1.165, 1.54) is 0 Å². The van der Waals surface area contributed by atoms with Gasteiger partial charge in [-0.1, -0.05) is 5.21 Å². The lowest BCUT2D eigenvalue weighted by molar-refractivity contribution is 0.0285. The van der Waals surface area contributed by atoms with Crippen LogP contribution < -0.4 is 4.74 Å². The van der Waals surface area contributed by atoms with Gasteiger partial charge in [0.25, 0.3) is 0 Å². The van der Waals surface area contributed by atoms with Crippen LogP contribution in [0.5, 0.6) is 5.75 Å². The molecule has 160 valence electrons. The minimum absolute atomic E-state index is 0.198. The molecule has 0 saturated heterocycles. The Morgan fingerprint density at radius 1 is 1.19 bits per heavy atom. The molecule has 9 heteroatoms. The van der Waals surface area contributed by atoms with E-state index in [1.54, 1.807) is 55.6 Å². The molecule has 0 radical (unpaired) electrons. The van der Waals surface area contributed by atoms with Crippen molar-refractivity contribution in [2.75, 3.05) is 6.61 Å². The summed E-state index contributed by atoms with van der Waals surface area (Å²) < 4.78 is 9.07. The largest absolute Gasteiger partial charge is 0.491 e. The molecule has 5 rings (SSSR count). The van der Waals surface area contributed by atoms with Crippen LogP contribution in [0.25, 0.3) is 11.2 Å². The van der Waals surface area contributed by atoms with E-state index in [-0.39, 0.29) is 6.61 Å². The van der Waals surface area contributed by atoms with Gasteiger partial charge in [-0.15, -0.1) is 5.10 Å². The van der Waals surface area contributed by atoms with Gasteiger partial charge >= 0.3 is 0 Å². The maximum absolute atomic E-state index is 11.2. The summed E-state index contributed by atoms with van der Waals surface area (Å²) >= 11 is 0. The van der Waals surface area contributed by atoms with Crippen LogP contribution in [0.3, 0.4) is 0 Å². The number of benzene rings is 1. The monoisotopic (exact) mass is 420 g/mol. The molecule has 1 aliphatic rings. The van der Waals surface area contributed by atoms with Crippen molar-refractivity contribution >= 4 is 5.52 Å². The van der Waals surface area contributed by atoms with Gasteiger partial charge < -0.3 is 14.9 Å². The second kappa shape index (κ2) is 7.44. The fourth-order valence-corrected chi connectivity index (χ4v) is 3.49. The van der Waals surface area contributed by atoms with Gasteiger partial charge in [0.1, 0.15) is 24.2 Å². The minimum Gasteiger partial charge on any atom is -0.491 e. The average molecular weight is 420 g/mol. The Morgan fingerprint density at radius 2 is 1.97 bits per heavy atom. The van der Waals surface area contributed by atoms with Gasteiger partial charge in [0.2, 0.25) is 0 Å². The second-order valence-corrected chi connectivity index (χ2v) is 8.58. The molecule has 3 aromatic heterocycles. The van der Waals surface area contributed by atoms with Crippen LogP contribution in [0.15, 0.2) is 49.2 Å². The van der Waals surface area contributed by atoms with Crippen LogP contribution in [0.1, 0.15) is 55.8 Å². The molecule has 0 unspecified atom stereocenters. The Kier molecular flexibility index (Phi) is 4.71. The molecule has 2 N–H and O–H groups in total. The third kappa shape index (κ3) is 4.01. The van der Waals surface area contributed by atoms with Crippen molar-refractivity contribution in [2.24, 2.45) is 0 Å². The Labute approximate surface area is 179 Å². The quantitative estimate of drug-likeness (QED) is 0.472. The number of hydrogen-bond acceptors (Lipinski definition) is 7. The van der Waals surface area contributed by atoms with Gasteiger partial charge in [-0.2, -0.15) is 0 Å². The average Bonchev–Trinajstić information content (AvgIpc) is 3.27. The van der Waals surface area contributed by atoms with Gasteiger partial charge in [-0.3, -0.25) is 9.38 Å². The topological polar surface area (TPSA) is 111 Å². The van der Waals surface area contributed by atoms with Crippen LogP contribution >= 0.6 is 0 Å². The molecule has 0 amide bonds. The number of fused-ring (bicyclic) bond motifs is 1. The van der Waals surface area contributed by atoms with Gasteiger partial charge in [-0.25, -0.2) is 9.67 Å². The third-order valence-electron chi connectivity index (χ3n) is 5.23. The number of hydrogen-bond donors (Lipinski definition) is 2. The zero-order valence-electron chi connectivity index (χ0n) is 17.4. The van der Waals surface area contributed by atoms with Gasteiger partial charge in [0.05, 0.1) is 53.1 Å². The van der Waals surface area contributed by atoms with Gasteiger partial charge in [-0.05, 0) is 51.0 Å². The molecule has 9 nitrogen and oxygen atoms in total. The summed E-state index contributed by atoms with van der Waals surface area (Å²) in [6, 6.07) is 7.30. The van der Waals surface area contributed by atoms with E-state index < -0.39 is 11.7 Å². The van der Waals surface area contributed by atoms with Crippen molar-refractivity contribution in [1.29, 1.82) is 0 Å². The second-order valence-electron chi connectivity index (χ2n) is 8.58. The van der Waals surface area contributed by atoms with Crippen LogP contribution in [-0.4, -0.2) is 51.8 Å². The first-order chi connectivity index (χ1) is 14.9. The van der Waals surface area contributed by atoms with E-state index in [2.05, 4.69) is 20.3 Å².